The normalized spacial score (nSPS) is 12.0. The predicted molar refractivity (Wildman–Crippen MR) is 72.9 cm³/mol. The van der Waals surface area contributed by atoms with Gasteiger partial charge in [0.25, 0.3) is 0 Å². The predicted octanol–water partition coefficient (Wildman–Crippen LogP) is 1.13. The number of hydrogen-bond donors (Lipinski definition) is 1. The molecule has 0 heterocycles. The number of benzene rings is 1. The highest BCUT2D eigenvalue weighted by Gasteiger charge is 2.19. The second-order valence-electron chi connectivity index (χ2n) is 3.38. The molecule has 0 radical (unpaired) electrons. The lowest BCUT2D eigenvalue weighted by Crippen LogP contribution is -2.32. The molecule has 0 aliphatic rings. The van der Waals surface area contributed by atoms with E-state index in [1.165, 1.54) is 4.31 Å². The molecule has 6 heteroatoms. The van der Waals surface area contributed by atoms with E-state index in [0.29, 0.717) is 18.0 Å². The number of likely N-dealkylation sites (N-methyl/N-ethyl adjacent to an activating group) is 2. The first-order valence-corrected chi connectivity index (χ1v) is 7.37. The van der Waals surface area contributed by atoms with Crippen molar-refractivity contribution in [2.75, 3.05) is 27.2 Å². The highest BCUT2D eigenvalue weighted by molar-refractivity contribution is 14.1. The van der Waals surface area contributed by atoms with E-state index in [1.807, 2.05) is 0 Å². The third-order valence-corrected chi connectivity index (χ3v) is 4.79. The van der Waals surface area contributed by atoms with Gasteiger partial charge < -0.3 is 5.32 Å². The van der Waals surface area contributed by atoms with Gasteiger partial charge in [0.2, 0.25) is 10.0 Å². The largest absolute Gasteiger partial charge is 0.318 e. The summed E-state index contributed by atoms with van der Waals surface area (Å²) in [5, 5.41) is 2.92. The maximum absolute atomic E-state index is 12.0. The number of hydrogen-bond acceptors (Lipinski definition) is 3. The van der Waals surface area contributed by atoms with Crippen molar-refractivity contribution >= 4 is 32.6 Å². The standard InChI is InChI=1S/C10H15IN2O2S/c1-12-7-8-13(2)16(14,15)10-5-3-9(11)4-6-10/h3-6,12H,7-8H2,1-2H3. The Labute approximate surface area is 110 Å². The van der Waals surface area contributed by atoms with E-state index in [4.69, 9.17) is 0 Å². The lowest BCUT2D eigenvalue weighted by molar-refractivity contribution is 0.466. The summed E-state index contributed by atoms with van der Waals surface area (Å²) in [6.45, 7) is 1.10. The van der Waals surface area contributed by atoms with Gasteiger partial charge in [-0.15, -0.1) is 0 Å². The summed E-state index contributed by atoms with van der Waals surface area (Å²) < 4.78 is 26.5. The molecule has 0 atom stereocenters. The molecule has 1 aromatic rings. The first-order valence-electron chi connectivity index (χ1n) is 4.85. The molecule has 0 unspecified atom stereocenters. The average molecular weight is 354 g/mol. The van der Waals surface area contributed by atoms with Gasteiger partial charge in [-0.3, -0.25) is 0 Å². The Kier molecular flexibility index (Phi) is 5.16. The van der Waals surface area contributed by atoms with Crippen LogP contribution in [0.1, 0.15) is 0 Å². The second kappa shape index (κ2) is 5.95. The Morgan fingerprint density at radius 3 is 2.38 bits per heavy atom. The topological polar surface area (TPSA) is 49.4 Å². The Balaban J connectivity index is 2.89. The van der Waals surface area contributed by atoms with Crippen LogP contribution in [0.5, 0.6) is 0 Å². The van der Waals surface area contributed by atoms with Gasteiger partial charge in [0.15, 0.2) is 0 Å². The smallest absolute Gasteiger partial charge is 0.242 e. The number of nitrogens with zero attached hydrogens (tertiary/aromatic N) is 1. The summed E-state index contributed by atoms with van der Waals surface area (Å²) in [6.07, 6.45) is 0. The van der Waals surface area contributed by atoms with Crippen LogP contribution in [0.3, 0.4) is 0 Å². The molecule has 0 spiro atoms. The third kappa shape index (κ3) is 3.41. The fourth-order valence-electron chi connectivity index (χ4n) is 1.18. The van der Waals surface area contributed by atoms with Gasteiger partial charge in [-0.1, -0.05) is 0 Å². The summed E-state index contributed by atoms with van der Waals surface area (Å²) in [6, 6.07) is 6.85. The SMILES string of the molecule is CNCCN(C)S(=O)(=O)c1ccc(I)cc1. The lowest BCUT2D eigenvalue weighted by atomic mass is 10.4. The summed E-state index contributed by atoms with van der Waals surface area (Å²) in [5.41, 5.74) is 0. The molecule has 1 N–H and O–H groups in total. The van der Waals surface area contributed by atoms with Crippen LogP contribution in [0.4, 0.5) is 0 Å². The van der Waals surface area contributed by atoms with E-state index in [2.05, 4.69) is 27.9 Å². The molecule has 0 aliphatic heterocycles. The Bertz CT molecular complexity index is 431. The fraction of sp³-hybridized carbons (Fsp3) is 0.400. The van der Waals surface area contributed by atoms with Gasteiger partial charge in [-0.25, -0.2) is 8.42 Å². The van der Waals surface area contributed by atoms with Crippen LogP contribution < -0.4 is 5.32 Å². The summed E-state index contributed by atoms with van der Waals surface area (Å²) in [5.74, 6) is 0. The van der Waals surface area contributed by atoms with E-state index in [1.54, 1.807) is 38.4 Å². The zero-order chi connectivity index (χ0) is 12.2. The minimum Gasteiger partial charge on any atom is -0.318 e. The molecule has 4 nitrogen and oxygen atoms in total. The molecule has 0 saturated carbocycles. The van der Waals surface area contributed by atoms with Crippen LogP contribution in [0.25, 0.3) is 0 Å². The van der Waals surface area contributed by atoms with Crippen LogP contribution >= 0.6 is 22.6 Å². The van der Waals surface area contributed by atoms with Crippen LogP contribution in [0, 0.1) is 3.57 Å². The molecule has 0 fully saturated rings. The van der Waals surface area contributed by atoms with E-state index in [0.717, 1.165) is 3.57 Å². The van der Waals surface area contributed by atoms with Crippen molar-refractivity contribution in [3.63, 3.8) is 0 Å². The van der Waals surface area contributed by atoms with Crippen molar-refractivity contribution in [1.29, 1.82) is 0 Å². The number of rotatable bonds is 5. The number of nitrogens with one attached hydrogen (secondary N) is 1. The lowest BCUT2D eigenvalue weighted by Gasteiger charge is -2.16. The van der Waals surface area contributed by atoms with E-state index in [-0.39, 0.29) is 0 Å². The van der Waals surface area contributed by atoms with Crippen molar-refractivity contribution in [1.82, 2.24) is 9.62 Å². The molecule has 0 saturated heterocycles. The molecule has 0 bridgehead atoms. The van der Waals surface area contributed by atoms with Crippen LogP contribution in [0.2, 0.25) is 0 Å². The average Bonchev–Trinajstić information content (AvgIpc) is 2.26. The van der Waals surface area contributed by atoms with E-state index < -0.39 is 10.0 Å². The van der Waals surface area contributed by atoms with Crippen molar-refractivity contribution < 1.29 is 8.42 Å². The number of halogens is 1. The molecule has 0 aliphatic carbocycles. The van der Waals surface area contributed by atoms with Gasteiger partial charge >= 0.3 is 0 Å². The fourth-order valence-corrected chi connectivity index (χ4v) is 2.71. The van der Waals surface area contributed by atoms with E-state index >= 15 is 0 Å². The van der Waals surface area contributed by atoms with Gasteiger partial charge in [0.1, 0.15) is 0 Å². The summed E-state index contributed by atoms with van der Waals surface area (Å²) in [4.78, 5) is 0.339. The quantitative estimate of drug-likeness (QED) is 0.807. The first kappa shape index (κ1) is 13.9. The van der Waals surface area contributed by atoms with Crippen molar-refractivity contribution in [3.8, 4) is 0 Å². The third-order valence-electron chi connectivity index (χ3n) is 2.20. The Morgan fingerprint density at radius 2 is 1.88 bits per heavy atom. The van der Waals surface area contributed by atoms with Crippen LogP contribution in [-0.4, -0.2) is 39.9 Å². The van der Waals surface area contributed by atoms with Gasteiger partial charge in [0.05, 0.1) is 4.90 Å². The van der Waals surface area contributed by atoms with Gasteiger partial charge in [0, 0.05) is 23.7 Å². The molecule has 1 rings (SSSR count). The van der Waals surface area contributed by atoms with Crippen molar-refractivity contribution in [2.24, 2.45) is 0 Å². The van der Waals surface area contributed by atoms with Crippen LogP contribution in [-0.2, 0) is 10.0 Å². The minimum atomic E-state index is -3.34. The van der Waals surface area contributed by atoms with Gasteiger partial charge in [-0.05, 0) is 53.9 Å². The highest BCUT2D eigenvalue weighted by atomic mass is 127. The number of sulfonamides is 1. The zero-order valence-corrected chi connectivity index (χ0v) is 12.2. The summed E-state index contributed by atoms with van der Waals surface area (Å²) >= 11 is 2.15. The Morgan fingerprint density at radius 1 is 1.31 bits per heavy atom. The molecule has 90 valence electrons. The first-order chi connectivity index (χ1) is 7.48. The highest BCUT2D eigenvalue weighted by Crippen LogP contribution is 2.15. The van der Waals surface area contributed by atoms with Crippen LogP contribution in [0.15, 0.2) is 29.2 Å². The Hall–Kier alpha value is -0.180. The molecule has 16 heavy (non-hydrogen) atoms. The van der Waals surface area contributed by atoms with Crippen molar-refractivity contribution in [2.45, 2.75) is 4.90 Å². The maximum Gasteiger partial charge on any atom is 0.242 e. The van der Waals surface area contributed by atoms with E-state index in [9.17, 15) is 8.42 Å². The van der Waals surface area contributed by atoms with Gasteiger partial charge in [-0.2, -0.15) is 4.31 Å². The molecular formula is C10H15IN2O2S. The molecule has 0 amide bonds. The maximum atomic E-state index is 12.0. The minimum absolute atomic E-state index is 0.339. The molecular weight excluding hydrogens is 339 g/mol. The summed E-state index contributed by atoms with van der Waals surface area (Å²) in [7, 11) is 0.0469. The molecule has 1 aromatic carbocycles. The van der Waals surface area contributed by atoms with Crippen molar-refractivity contribution in [3.05, 3.63) is 27.8 Å². The second-order valence-corrected chi connectivity index (χ2v) is 6.67. The molecule has 0 aromatic heterocycles. The monoisotopic (exact) mass is 354 g/mol. The zero-order valence-electron chi connectivity index (χ0n) is 9.27.